The summed E-state index contributed by atoms with van der Waals surface area (Å²) in [4.78, 5) is 45.2. The molecule has 0 N–H and O–H groups in total. The van der Waals surface area contributed by atoms with Gasteiger partial charge in [-0.25, -0.2) is 19.4 Å². The summed E-state index contributed by atoms with van der Waals surface area (Å²) in [5.41, 5.74) is 1.29. The second-order valence-electron chi connectivity index (χ2n) is 9.70. The van der Waals surface area contributed by atoms with E-state index in [4.69, 9.17) is 40.2 Å². The first kappa shape index (κ1) is 24.8. The van der Waals surface area contributed by atoms with Crippen LogP contribution in [0.15, 0.2) is 30.3 Å². The average Bonchev–Trinajstić information content (AvgIpc) is 3.71. The third-order valence-corrected chi connectivity index (χ3v) is 8.07. The maximum absolute atomic E-state index is 13.1. The Hall–Kier alpha value is -3.50. The Labute approximate surface area is 222 Å². The minimum absolute atomic E-state index is 0.0191. The van der Waals surface area contributed by atoms with Gasteiger partial charge in [0, 0.05) is 36.8 Å². The quantitative estimate of drug-likeness (QED) is 0.287. The van der Waals surface area contributed by atoms with Crippen LogP contribution in [0, 0.1) is 23.2 Å². The molecule has 4 fully saturated rings. The van der Waals surface area contributed by atoms with Crippen molar-refractivity contribution in [1.29, 1.82) is 0 Å². The number of halogens is 1. The lowest BCUT2D eigenvalue weighted by Crippen LogP contribution is -2.43. The standard InChI is InChI=1S/C27H25ClO10/c1-4-32-15-7-5-14(6-8-15)16-9-17(24-25(22(16)28)35-11-34-24)23-21-20-19(18(36-23)10-33-12(2)29)27(20,21)26(31)38-37-13(3)30/h5-9,18-21,23H,4,10-11H2,1-3H3/t18-,19+,20-,21+,23+,27?/m0/s1. The van der Waals surface area contributed by atoms with Gasteiger partial charge in [0.15, 0.2) is 11.5 Å². The molecule has 1 unspecified atom stereocenters. The summed E-state index contributed by atoms with van der Waals surface area (Å²) < 4.78 is 28.8. The lowest BCUT2D eigenvalue weighted by Gasteiger charge is -2.38. The molecular formula is C27H25ClO10. The highest BCUT2D eigenvalue weighted by atomic mass is 35.5. The zero-order chi connectivity index (χ0) is 26.8. The number of esters is 1. The fraction of sp³-hybridized carbons (Fsp3) is 0.444. The minimum Gasteiger partial charge on any atom is -0.494 e. The van der Waals surface area contributed by atoms with Crippen LogP contribution in [0.5, 0.6) is 17.2 Å². The average molecular weight is 545 g/mol. The molecule has 3 heterocycles. The minimum atomic E-state index is -0.894. The van der Waals surface area contributed by atoms with Crippen LogP contribution in [0.3, 0.4) is 0 Å². The number of hydrogen-bond donors (Lipinski definition) is 0. The molecule has 7 rings (SSSR count). The normalized spacial score (nSPS) is 29.1. The number of carbonyl (C=O) groups is 3. The van der Waals surface area contributed by atoms with Crippen molar-refractivity contribution >= 4 is 29.5 Å². The van der Waals surface area contributed by atoms with Crippen LogP contribution >= 0.6 is 11.6 Å². The highest BCUT2D eigenvalue weighted by molar-refractivity contribution is 6.35. The zero-order valence-electron chi connectivity index (χ0n) is 20.9. The summed E-state index contributed by atoms with van der Waals surface area (Å²) in [5.74, 6) is -0.801. The Morgan fingerprint density at radius 3 is 2.42 bits per heavy atom. The van der Waals surface area contributed by atoms with E-state index in [2.05, 4.69) is 4.89 Å². The van der Waals surface area contributed by atoms with Crippen molar-refractivity contribution in [1.82, 2.24) is 0 Å². The molecule has 2 aromatic carbocycles. The molecule has 0 spiro atoms. The molecule has 2 saturated heterocycles. The highest BCUT2D eigenvalue weighted by Crippen LogP contribution is 2.91. The fourth-order valence-corrected chi connectivity index (χ4v) is 6.46. The molecule has 10 nitrogen and oxygen atoms in total. The predicted octanol–water partition coefficient (Wildman–Crippen LogP) is 4.02. The Morgan fingerprint density at radius 2 is 1.74 bits per heavy atom. The van der Waals surface area contributed by atoms with Gasteiger partial charge in [0.1, 0.15) is 12.4 Å². The van der Waals surface area contributed by atoms with E-state index in [1.165, 1.54) is 6.92 Å². The zero-order valence-corrected chi connectivity index (χ0v) is 21.6. The van der Waals surface area contributed by atoms with E-state index in [9.17, 15) is 14.4 Å². The maximum Gasteiger partial charge on any atom is 0.362 e. The first-order valence-corrected chi connectivity index (χ1v) is 12.7. The first-order chi connectivity index (χ1) is 18.3. The van der Waals surface area contributed by atoms with Gasteiger partial charge >= 0.3 is 17.9 Å². The topological polar surface area (TPSA) is 116 Å². The lowest BCUT2D eigenvalue weighted by molar-refractivity contribution is -0.264. The van der Waals surface area contributed by atoms with Gasteiger partial charge in [0.2, 0.25) is 6.79 Å². The van der Waals surface area contributed by atoms with Crippen molar-refractivity contribution in [2.75, 3.05) is 20.0 Å². The van der Waals surface area contributed by atoms with E-state index in [0.717, 1.165) is 18.2 Å². The second kappa shape index (κ2) is 9.06. The SMILES string of the molecule is CCOc1ccc(-c2cc([C@H]3O[C@@H](COC(C)=O)[C@@H]4[C@H]5[C@H]3C54C(=O)OOC(C)=O)c3c(c2Cl)OCO3)cc1. The molecule has 6 atom stereocenters. The van der Waals surface area contributed by atoms with Crippen LogP contribution in [0.2, 0.25) is 5.02 Å². The third kappa shape index (κ3) is 3.69. The lowest BCUT2D eigenvalue weighted by atomic mass is 9.81. The van der Waals surface area contributed by atoms with Crippen LogP contribution in [-0.4, -0.2) is 44.0 Å². The van der Waals surface area contributed by atoms with Gasteiger partial charge < -0.3 is 23.7 Å². The Balaban J connectivity index is 1.37. The van der Waals surface area contributed by atoms with Crippen LogP contribution in [0.4, 0.5) is 0 Å². The number of ether oxygens (including phenoxy) is 5. The highest BCUT2D eigenvalue weighted by Gasteiger charge is 2.97. The summed E-state index contributed by atoms with van der Waals surface area (Å²) in [6.45, 7) is 4.87. The molecule has 2 bridgehead atoms. The van der Waals surface area contributed by atoms with Gasteiger partial charge in [-0.1, -0.05) is 23.7 Å². The molecular weight excluding hydrogens is 520 g/mol. The number of fused-ring (bicyclic) bond motifs is 3. The summed E-state index contributed by atoms with van der Waals surface area (Å²) in [6.07, 6.45) is -1.17. The van der Waals surface area contributed by atoms with E-state index in [1.54, 1.807) is 0 Å². The molecule has 11 heteroatoms. The van der Waals surface area contributed by atoms with Crippen molar-refractivity contribution < 1.29 is 47.8 Å². The fourth-order valence-electron chi connectivity index (χ4n) is 6.16. The van der Waals surface area contributed by atoms with Gasteiger partial charge in [-0.3, -0.25) is 4.79 Å². The van der Waals surface area contributed by atoms with Gasteiger partial charge in [0.25, 0.3) is 0 Å². The second-order valence-corrected chi connectivity index (χ2v) is 10.1. The molecule has 2 aromatic rings. The Bertz CT molecular complexity index is 1320. The molecule has 2 aliphatic carbocycles. The largest absolute Gasteiger partial charge is 0.494 e. The van der Waals surface area contributed by atoms with E-state index >= 15 is 0 Å². The van der Waals surface area contributed by atoms with E-state index in [1.807, 2.05) is 37.3 Å². The first-order valence-electron chi connectivity index (χ1n) is 12.3. The summed E-state index contributed by atoms with van der Waals surface area (Å²) in [7, 11) is 0. The Kier molecular flexibility index (Phi) is 5.92. The summed E-state index contributed by atoms with van der Waals surface area (Å²) >= 11 is 6.76. The smallest absolute Gasteiger partial charge is 0.362 e. The third-order valence-electron chi connectivity index (χ3n) is 7.69. The van der Waals surface area contributed by atoms with Crippen LogP contribution in [0.1, 0.15) is 32.4 Å². The van der Waals surface area contributed by atoms with Crippen LogP contribution < -0.4 is 14.2 Å². The molecule has 2 saturated carbocycles. The van der Waals surface area contributed by atoms with Crippen molar-refractivity contribution in [3.05, 3.63) is 40.9 Å². The van der Waals surface area contributed by atoms with Crippen LogP contribution in [0.25, 0.3) is 11.1 Å². The number of hydrogen-bond acceptors (Lipinski definition) is 10. The van der Waals surface area contributed by atoms with Gasteiger partial charge in [-0.2, -0.15) is 0 Å². The monoisotopic (exact) mass is 544 g/mol. The van der Waals surface area contributed by atoms with Crippen molar-refractivity contribution in [3.8, 4) is 28.4 Å². The molecule has 0 amide bonds. The molecule has 0 radical (unpaired) electrons. The summed E-state index contributed by atoms with van der Waals surface area (Å²) in [5, 5.41) is 0.389. The van der Waals surface area contributed by atoms with Gasteiger partial charge in [-0.15, -0.1) is 0 Å². The summed E-state index contributed by atoms with van der Waals surface area (Å²) in [6, 6.07) is 9.37. The van der Waals surface area contributed by atoms with E-state index in [0.29, 0.717) is 34.3 Å². The number of benzene rings is 2. The van der Waals surface area contributed by atoms with Crippen molar-refractivity contribution in [2.24, 2.45) is 23.2 Å². The molecule has 3 aliphatic heterocycles. The maximum atomic E-state index is 13.1. The van der Waals surface area contributed by atoms with Crippen molar-refractivity contribution in [2.45, 2.75) is 33.0 Å². The van der Waals surface area contributed by atoms with E-state index < -0.39 is 35.5 Å². The van der Waals surface area contributed by atoms with E-state index in [-0.39, 0.29) is 31.2 Å². The molecule has 38 heavy (non-hydrogen) atoms. The molecule has 5 aliphatic rings. The predicted molar refractivity (Wildman–Crippen MR) is 129 cm³/mol. The molecule has 200 valence electrons. The Morgan fingerprint density at radius 1 is 1.00 bits per heavy atom. The van der Waals surface area contributed by atoms with Gasteiger partial charge in [-0.05, 0) is 36.6 Å². The van der Waals surface area contributed by atoms with Gasteiger partial charge in [0.05, 0.1) is 29.3 Å². The van der Waals surface area contributed by atoms with Crippen molar-refractivity contribution in [3.63, 3.8) is 0 Å². The number of rotatable bonds is 7. The van der Waals surface area contributed by atoms with Crippen LogP contribution in [-0.2, 0) is 33.6 Å². The molecule has 0 aromatic heterocycles. The number of carbonyl (C=O) groups excluding carboxylic acids is 3.